The highest BCUT2D eigenvalue weighted by Gasteiger charge is 2.35. The monoisotopic (exact) mass is 339 g/mol. The predicted molar refractivity (Wildman–Crippen MR) is 82.7 cm³/mol. The van der Waals surface area contributed by atoms with Gasteiger partial charge in [-0.25, -0.2) is 0 Å². The van der Waals surface area contributed by atoms with Crippen LogP contribution in [0, 0.1) is 5.92 Å². The lowest BCUT2D eigenvalue weighted by Crippen LogP contribution is -2.52. The fourth-order valence-electron chi connectivity index (χ4n) is 3.07. The third kappa shape index (κ3) is 3.59. The summed E-state index contributed by atoms with van der Waals surface area (Å²) < 4.78 is 11.0. The number of carboxylic acid groups (broad SMARTS) is 1. The topological polar surface area (TPSA) is 76.1 Å². The number of carboxylic acids is 1. The Morgan fingerprint density at radius 2 is 2.17 bits per heavy atom. The number of nitrogens with zero attached hydrogens (tertiary/aromatic N) is 1. The van der Waals surface area contributed by atoms with Gasteiger partial charge in [0.05, 0.1) is 31.6 Å². The molecule has 2 heterocycles. The lowest BCUT2D eigenvalue weighted by Gasteiger charge is -2.38. The fraction of sp³-hybridized carbons (Fsp3) is 0.500. The molecule has 0 spiro atoms. The smallest absolute Gasteiger partial charge is 0.305 e. The highest BCUT2D eigenvalue weighted by Crippen LogP contribution is 2.31. The Balaban J connectivity index is 1.73. The van der Waals surface area contributed by atoms with Crippen LogP contribution in [-0.4, -0.2) is 54.3 Å². The number of hydrogen-bond acceptors (Lipinski definition) is 4. The maximum absolute atomic E-state index is 12.8. The molecule has 1 aromatic carbocycles. The van der Waals surface area contributed by atoms with Gasteiger partial charge >= 0.3 is 5.97 Å². The molecule has 0 aromatic heterocycles. The van der Waals surface area contributed by atoms with Crippen LogP contribution >= 0.6 is 11.6 Å². The first-order chi connectivity index (χ1) is 11.0. The van der Waals surface area contributed by atoms with Gasteiger partial charge in [0, 0.05) is 11.6 Å². The van der Waals surface area contributed by atoms with E-state index < -0.39 is 12.0 Å². The average molecular weight is 340 g/mol. The van der Waals surface area contributed by atoms with Gasteiger partial charge in [0.2, 0.25) is 5.91 Å². The predicted octanol–water partition coefficient (Wildman–Crippen LogP) is 1.59. The van der Waals surface area contributed by atoms with Crippen molar-refractivity contribution in [3.8, 4) is 5.75 Å². The van der Waals surface area contributed by atoms with Crippen LogP contribution in [0.2, 0.25) is 5.02 Å². The average Bonchev–Trinajstić information content (AvgIpc) is 2.53. The van der Waals surface area contributed by atoms with Gasteiger partial charge in [0.15, 0.2) is 0 Å². The number of hydrogen-bond donors (Lipinski definition) is 1. The second kappa shape index (κ2) is 6.76. The molecule has 23 heavy (non-hydrogen) atoms. The minimum absolute atomic E-state index is 0.0785. The summed E-state index contributed by atoms with van der Waals surface area (Å²) >= 11 is 6.00. The summed E-state index contributed by atoms with van der Waals surface area (Å²) in [5.74, 6) is -0.585. The Labute approximate surface area is 138 Å². The van der Waals surface area contributed by atoms with Crippen molar-refractivity contribution < 1.29 is 24.2 Å². The molecule has 1 saturated heterocycles. The summed E-state index contributed by atoms with van der Waals surface area (Å²) in [4.78, 5) is 25.4. The molecular weight excluding hydrogens is 322 g/mol. The van der Waals surface area contributed by atoms with Crippen molar-refractivity contribution in [3.05, 3.63) is 28.8 Å². The number of fused-ring (bicyclic) bond motifs is 1. The van der Waals surface area contributed by atoms with E-state index in [4.69, 9.17) is 26.2 Å². The molecule has 1 aromatic rings. The Morgan fingerprint density at radius 3 is 2.96 bits per heavy atom. The molecule has 0 aliphatic carbocycles. The van der Waals surface area contributed by atoms with E-state index in [0.29, 0.717) is 31.2 Å². The van der Waals surface area contributed by atoms with Crippen LogP contribution in [0.15, 0.2) is 18.2 Å². The van der Waals surface area contributed by atoms with Crippen LogP contribution < -0.4 is 4.74 Å². The lowest BCUT2D eigenvalue weighted by atomic mass is 9.94. The zero-order valence-electron chi connectivity index (χ0n) is 12.5. The number of benzene rings is 1. The van der Waals surface area contributed by atoms with Gasteiger partial charge < -0.3 is 19.5 Å². The summed E-state index contributed by atoms with van der Waals surface area (Å²) in [5, 5.41) is 9.61. The van der Waals surface area contributed by atoms with E-state index in [9.17, 15) is 9.59 Å². The molecule has 1 fully saturated rings. The fourth-order valence-corrected chi connectivity index (χ4v) is 3.27. The number of halogens is 1. The summed E-state index contributed by atoms with van der Waals surface area (Å²) in [7, 11) is 0. The quantitative estimate of drug-likeness (QED) is 0.905. The van der Waals surface area contributed by atoms with Crippen molar-refractivity contribution in [2.75, 3.05) is 26.4 Å². The summed E-state index contributed by atoms with van der Waals surface area (Å²) in [6.45, 7) is 1.40. The van der Waals surface area contributed by atoms with Gasteiger partial charge in [-0.1, -0.05) is 11.6 Å². The highest BCUT2D eigenvalue weighted by molar-refractivity contribution is 6.30. The van der Waals surface area contributed by atoms with Crippen molar-refractivity contribution in [1.82, 2.24) is 4.90 Å². The van der Waals surface area contributed by atoms with Gasteiger partial charge in [0.1, 0.15) is 12.4 Å². The highest BCUT2D eigenvalue weighted by atomic mass is 35.5. The minimum atomic E-state index is -0.935. The van der Waals surface area contributed by atoms with E-state index in [1.54, 1.807) is 17.0 Å². The van der Waals surface area contributed by atoms with Crippen LogP contribution in [-0.2, 0) is 20.7 Å². The van der Waals surface area contributed by atoms with Crippen molar-refractivity contribution in [2.45, 2.75) is 18.9 Å². The van der Waals surface area contributed by atoms with Gasteiger partial charge in [-0.15, -0.1) is 0 Å². The molecule has 2 unspecified atom stereocenters. The van der Waals surface area contributed by atoms with Crippen molar-refractivity contribution >= 4 is 23.5 Å². The van der Waals surface area contributed by atoms with E-state index in [1.165, 1.54) is 0 Å². The van der Waals surface area contributed by atoms with Crippen LogP contribution in [0.25, 0.3) is 0 Å². The number of morpholine rings is 1. The third-order valence-electron chi connectivity index (χ3n) is 4.20. The zero-order chi connectivity index (χ0) is 16.4. The summed E-state index contributed by atoms with van der Waals surface area (Å²) in [6, 6.07) is 4.95. The molecular formula is C16H18ClNO5. The van der Waals surface area contributed by atoms with Crippen LogP contribution in [0.3, 0.4) is 0 Å². The zero-order valence-corrected chi connectivity index (χ0v) is 13.3. The molecule has 1 amide bonds. The molecule has 6 nitrogen and oxygen atoms in total. The maximum Gasteiger partial charge on any atom is 0.305 e. The number of ether oxygens (including phenoxy) is 2. The largest absolute Gasteiger partial charge is 0.492 e. The maximum atomic E-state index is 12.8. The van der Waals surface area contributed by atoms with Crippen LogP contribution in [0.5, 0.6) is 5.75 Å². The molecule has 3 rings (SSSR count). The Morgan fingerprint density at radius 1 is 1.35 bits per heavy atom. The van der Waals surface area contributed by atoms with Gasteiger partial charge in [-0.3, -0.25) is 9.59 Å². The van der Waals surface area contributed by atoms with E-state index >= 15 is 0 Å². The molecule has 1 N–H and O–H groups in total. The van der Waals surface area contributed by atoms with Crippen LogP contribution in [0.1, 0.15) is 12.0 Å². The Bertz CT molecular complexity index is 620. The van der Waals surface area contributed by atoms with E-state index in [0.717, 1.165) is 11.3 Å². The molecule has 2 atom stereocenters. The first-order valence-electron chi connectivity index (χ1n) is 7.56. The van der Waals surface area contributed by atoms with E-state index in [2.05, 4.69) is 0 Å². The first kappa shape index (κ1) is 16.1. The van der Waals surface area contributed by atoms with Crippen molar-refractivity contribution in [3.63, 3.8) is 0 Å². The summed E-state index contributed by atoms with van der Waals surface area (Å²) in [5.41, 5.74) is 0.908. The number of amides is 1. The third-order valence-corrected chi connectivity index (χ3v) is 4.43. The van der Waals surface area contributed by atoms with Gasteiger partial charge in [0.25, 0.3) is 0 Å². The molecule has 0 saturated carbocycles. The lowest BCUT2D eigenvalue weighted by molar-refractivity contribution is -0.150. The molecule has 7 heteroatoms. The second-order valence-corrected chi connectivity index (χ2v) is 6.26. The normalized spacial score (nSPS) is 23.8. The SMILES string of the molecule is O=C(O)CC1COCCN1C(=O)C1COc2ccc(Cl)cc2C1. The van der Waals surface area contributed by atoms with E-state index in [1.807, 2.05) is 6.07 Å². The van der Waals surface area contributed by atoms with Crippen LogP contribution in [0.4, 0.5) is 0 Å². The Hall–Kier alpha value is -1.79. The molecule has 124 valence electrons. The van der Waals surface area contributed by atoms with Gasteiger partial charge in [-0.05, 0) is 30.2 Å². The minimum Gasteiger partial charge on any atom is -0.492 e. The van der Waals surface area contributed by atoms with Crippen molar-refractivity contribution in [1.29, 1.82) is 0 Å². The number of carbonyl (C=O) groups excluding carboxylic acids is 1. The number of aliphatic carboxylic acids is 1. The number of carbonyl (C=O) groups is 2. The second-order valence-electron chi connectivity index (χ2n) is 5.82. The molecule has 0 bridgehead atoms. The van der Waals surface area contributed by atoms with Gasteiger partial charge in [-0.2, -0.15) is 0 Å². The standard InChI is InChI=1S/C16H18ClNO5/c17-12-1-2-14-10(6-12)5-11(8-23-14)16(21)18-3-4-22-9-13(18)7-15(19)20/h1-2,6,11,13H,3-5,7-9H2,(H,19,20). The van der Waals surface area contributed by atoms with Crippen molar-refractivity contribution in [2.24, 2.45) is 5.92 Å². The molecule has 0 radical (unpaired) electrons. The van der Waals surface area contributed by atoms with E-state index in [-0.39, 0.29) is 24.9 Å². The Kier molecular flexibility index (Phi) is 4.73. The first-order valence-corrected chi connectivity index (χ1v) is 7.93. The summed E-state index contributed by atoms with van der Waals surface area (Å²) in [6.07, 6.45) is 0.438. The molecule has 2 aliphatic heterocycles. The molecule has 2 aliphatic rings. The number of rotatable bonds is 3.